The van der Waals surface area contributed by atoms with E-state index in [-0.39, 0.29) is 0 Å². The maximum Gasteiger partial charge on any atom is 0.498 e. The quantitative estimate of drug-likeness (QED) is 0.490. The molecular weight excluding hydrogens is 306 g/mol. The lowest BCUT2D eigenvalue weighted by atomic mass is 10.1. The Bertz CT molecular complexity index is 437. The summed E-state index contributed by atoms with van der Waals surface area (Å²) in [5.74, 6) is -1.60. The third-order valence-corrected chi connectivity index (χ3v) is 5.90. The number of rotatable bonds is 11. The lowest BCUT2D eigenvalue weighted by Gasteiger charge is -2.22. The summed E-state index contributed by atoms with van der Waals surface area (Å²) in [6.07, 6.45) is 4.42. The molecule has 0 radical (unpaired) electrons. The minimum absolute atomic E-state index is 0.457. The summed E-state index contributed by atoms with van der Waals surface area (Å²) in [5.41, 5.74) is 0.813. The molecule has 22 heavy (non-hydrogen) atoms. The zero-order valence-corrected chi connectivity index (χ0v) is 14.4. The molecule has 1 aromatic carbocycles. The molecule has 6 heteroatoms. The topological polar surface area (TPSA) is 38.7 Å². The molecule has 1 aromatic rings. The standard InChI is InChI=1S/C16H26F2O3Si/c1-3-20-22(19,21-4-2)12-8-6-5-7-9-14-10-11-15(17)16(18)13-14/h10-11,13,19H,3-9,12H2,1-2H3. The van der Waals surface area contributed by atoms with Crippen molar-refractivity contribution >= 4 is 8.80 Å². The van der Waals surface area contributed by atoms with Crippen LogP contribution in [0.1, 0.15) is 45.1 Å². The molecule has 0 heterocycles. The van der Waals surface area contributed by atoms with E-state index in [1.165, 1.54) is 12.1 Å². The van der Waals surface area contributed by atoms with Crippen molar-refractivity contribution in [2.45, 2.75) is 52.0 Å². The molecule has 0 atom stereocenters. The molecule has 126 valence electrons. The highest BCUT2D eigenvalue weighted by molar-refractivity contribution is 6.59. The van der Waals surface area contributed by atoms with Crippen molar-refractivity contribution in [2.24, 2.45) is 0 Å². The number of benzene rings is 1. The van der Waals surface area contributed by atoms with E-state index in [2.05, 4.69) is 0 Å². The Morgan fingerprint density at radius 1 is 0.955 bits per heavy atom. The van der Waals surface area contributed by atoms with Crippen LogP contribution in [0.25, 0.3) is 0 Å². The Morgan fingerprint density at radius 3 is 2.18 bits per heavy atom. The zero-order valence-electron chi connectivity index (χ0n) is 13.4. The zero-order chi connectivity index (χ0) is 16.4. The first-order valence-corrected chi connectivity index (χ1v) is 9.92. The van der Waals surface area contributed by atoms with E-state index in [0.29, 0.717) is 19.3 Å². The first-order chi connectivity index (χ1) is 10.5. The highest BCUT2D eigenvalue weighted by Crippen LogP contribution is 2.17. The fourth-order valence-electron chi connectivity index (χ4n) is 2.36. The highest BCUT2D eigenvalue weighted by Gasteiger charge is 2.35. The van der Waals surface area contributed by atoms with Gasteiger partial charge in [0.1, 0.15) is 0 Å². The van der Waals surface area contributed by atoms with Crippen LogP contribution in [0, 0.1) is 11.6 Å². The van der Waals surface area contributed by atoms with E-state index in [9.17, 15) is 13.6 Å². The molecule has 3 nitrogen and oxygen atoms in total. The number of unbranched alkanes of at least 4 members (excludes halogenated alkanes) is 3. The normalized spacial score (nSPS) is 11.9. The van der Waals surface area contributed by atoms with E-state index < -0.39 is 20.4 Å². The van der Waals surface area contributed by atoms with Crippen LogP contribution in [0.5, 0.6) is 0 Å². The van der Waals surface area contributed by atoms with Crippen molar-refractivity contribution in [3.63, 3.8) is 0 Å². The molecule has 0 bridgehead atoms. The average molecular weight is 332 g/mol. The predicted octanol–water partition coefficient (Wildman–Crippen LogP) is 4.07. The fraction of sp³-hybridized carbons (Fsp3) is 0.625. The second-order valence-electron chi connectivity index (χ2n) is 5.24. The van der Waals surface area contributed by atoms with E-state index >= 15 is 0 Å². The third kappa shape index (κ3) is 6.96. The Morgan fingerprint density at radius 2 is 1.59 bits per heavy atom. The van der Waals surface area contributed by atoms with Crippen LogP contribution in [0.15, 0.2) is 18.2 Å². The SMILES string of the molecule is CCO[Si](O)(CCCCCCc1ccc(F)c(F)c1)OCC. The first-order valence-electron chi connectivity index (χ1n) is 7.95. The largest absolute Gasteiger partial charge is 0.498 e. The van der Waals surface area contributed by atoms with Gasteiger partial charge < -0.3 is 13.6 Å². The van der Waals surface area contributed by atoms with E-state index in [1.807, 2.05) is 13.8 Å². The lowest BCUT2D eigenvalue weighted by Crippen LogP contribution is -2.42. The minimum atomic E-state index is -2.98. The van der Waals surface area contributed by atoms with Crippen LogP contribution in [-0.2, 0) is 15.3 Å². The molecule has 0 fully saturated rings. The van der Waals surface area contributed by atoms with Crippen molar-refractivity contribution in [1.82, 2.24) is 0 Å². The fourth-order valence-corrected chi connectivity index (χ4v) is 4.33. The van der Waals surface area contributed by atoms with Gasteiger partial charge in [-0.25, -0.2) is 8.78 Å². The highest BCUT2D eigenvalue weighted by atomic mass is 28.4. The van der Waals surface area contributed by atoms with Crippen LogP contribution >= 0.6 is 0 Å². The van der Waals surface area contributed by atoms with Gasteiger partial charge in [-0.1, -0.05) is 18.9 Å². The number of halogens is 2. The molecule has 0 aliphatic carbocycles. The van der Waals surface area contributed by atoms with Crippen LogP contribution in [-0.4, -0.2) is 26.8 Å². The smallest absolute Gasteiger partial charge is 0.390 e. The van der Waals surface area contributed by atoms with Gasteiger partial charge in [-0.15, -0.1) is 0 Å². The molecule has 0 saturated heterocycles. The number of aryl methyl sites for hydroxylation is 1. The van der Waals surface area contributed by atoms with Gasteiger partial charge in [-0.3, -0.25) is 0 Å². The van der Waals surface area contributed by atoms with Gasteiger partial charge in [0.15, 0.2) is 11.6 Å². The molecule has 1 N–H and O–H groups in total. The Balaban J connectivity index is 2.20. The molecule has 1 rings (SSSR count). The van der Waals surface area contributed by atoms with Crippen molar-refractivity contribution in [3.05, 3.63) is 35.4 Å². The average Bonchev–Trinajstić information content (AvgIpc) is 2.47. The molecule has 0 spiro atoms. The Hall–Kier alpha value is -0.823. The summed E-state index contributed by atoms with van der Waals surface area (Å²) >= 11 is 0. The van der Waals surface area contributed by atoms with Gasteiger partial charge in [-0.05, 0) is 50.8 Å². The van der Waals surface area contributed by atoms with E-state index in [4.69, 9.17) is 8.85 Å². The van der Waals surface area contributed by atoms with Crippen LogP contribution in [0.3, 0.4) is 0 Å². The summed E-state index contributed by atoms with van der Waals surface area (Å²) in [6, 6.07) is 4.61. The maximum atomic E-state index is 13.1. The van der Waals surface area contributed by atoms with Gasteiger partial charge in [0.05, 0.1) is 0 Å². The molecular formula is C16H26F2O3Si. The molecule has 0 amide bonds. The maximum absolute atomic E-state index is 13.1. The second-order valence-corrected chi connectivity index (χ2v) is 7.74. The molecule has 0 unspecified atom stereocenters. The van der Waals surface area contributed by atoms with Crippen LogP contribution in [0.4, 0.5) is 8.78 Å². The van der Waals surface area contributed by atoms with Crippen molar-refractivity contribution in [2.75, 3.05) is 13.2 Å². The van der Waals surface area contributed by atoms with Crippen LogP contribution in [0.2, 0.25) is 6.04 Å². The molecule has 0 saturated carbocycles. The van der Waals surface area contributed by atoms with Crippen molar-refractivity contribution in [1.29, 1.82) is 0 Å². The monoisotopic (exact) mass is 332 g/mol. The Kier molecular flexibility index (Phi) is 8.78. The summed E-state index contributed by atoms with van der Waals surface area (Å²) in [4.78, 5) is 10.2. The third-order valence-electron chi connectivity index (χ3n) is 3.43. The van der Waals surface area contributed by atoms with E-state index in [1.54, 1.807) is 6.07 Å². The van der Waals surface area contributed by atoms with Gasteiger partial charge in [-0.2, -0.15) is 0 Å². The second kappa shape index (κ2) is 10.0. The Labute approximate surface area is 132 Å². The van der Waals surface area contributed by atoms with Crippen molar-refractivity contribution < 1.29 is 22.4 Å². The van der Waals surface area contributed by atoms with Gasteiger partial charge in [0.25, 0.3) is 0 Å². The van der Waals surface area contributed by atoms with Gasteiger partial charge in [0.2, 0.25) is 0 Å². The summed E-state index contributed by atoms with van der Waals surface area (Å²) in [7, 11) is -2.98. The van der Waals surface area contributed by atoms with E-state index in [0.717, 1.165) is 37.7 Å². The molecule has 0 aliphatic heterocycles. The van der Waals surface area contributed by atoms with Gasteiger partial charge >= 0.3 is 8.80 Å². The van der Waals surface area contributed by atoms with Gasteiger partial charge in [0, 0.05) is 19.3 Å². The first kappa shape index (κ1) is 19.2. The van der Waals surface area contributed by atoms with Crippen LogP contribution < -0.4 is 0 Å². The summed E-state index contributed by atoms with van der Waals surface area (Å²) in [5, 5.41) is 0. The molecule has 0 aromatic heterocycles. The van der Waals surface area contributed by atoms with Crippen molar-refractivity contribution in [3.8, 4) is 0 Å². The lowest BCUT2D eigenvalue weighted by molar-refractivity contribution is 0.107. The summed E-state index contributed by atoms with van der Waals surface area (Å²) < 4.78 is 36.6. The predicted molar refractivity (Wildman–Crippen MR) is 84.6 cm³/mol. The molecule has 0 aliphatic rings. The number of hydrogen-bond donors (Lipinski definition) is 1. The number of hydrogen-bond acceptors (Lipinski definition) is 3. The summed E-state index contributed by atoms with van der Waals surface area (Å²) in [6.45, 7) is 4.61. The minimum Gasteiger partial charge on any atom is -0.390 e.